The maximum atomic E-state index is 13.9. The van der Waals surface area contributed by atoms with Crippen LogP contribution in [0, 0.1) is 11.8 Å². The minimum Gasteiger partial charge on any atom is -0.474 e. The highest BCUT2D eigenvalue weighted by atomic mass is 16.6. The first-order chi connectivity index (χ1) is 21.4. The van der Waals surface area contributed by atoms with Gasteiger partial charge < -0.3 is 23.7 Å². The van der Waals surface area contributed by atoms with Gasteiger partial charge in [-0.3, -0.25) is 9.59 Å². The van der Waals surface area contributed by atoms with Crippen LogP contribution in [-0.2, 0) is 16.0 Å². The molecule has 9 nitrogen and oxygen atoms in total. The predicted octanol–water partition coefficient (Wildman–Crippen LogP) is 5.80. The highest BCUT2D eigenvalue weighted by Crippen LogP contribution is 2.35. The third-order valence-electron chi connectivity index (χ3n) is 9.46. The lowest BCUT2D eigenvalue weighted by atomic mass is 10.1. The van der Waals surface area contributed by atoms with E-state index in [9.17, 15) is 9.59 Å². The lowest BCUT2D eigenvalue weighted by Crippen LogP contribution is -2.33. The molecule has 1 saturated heterocycles. The molecule has 0 N–H and O–H groups in total. The van der Waals surface area contributed by atoms with Gasteiger partial charge in [0.15, 0.2) is 0 Å². The van der Waals surface area contributed by atoms with Gasteiger partial charge in [0.1, 0.15) is 18.9 Å². The summed E-state index contributed by atoms with van der Waals surface area (Å²) in [5.41, 5.74) is 4.48. The van der Waals surface area contributed by atoms with Gasteiger partial charge in [-0.2, -0.15) is 0 Å². The number of fused-ring (bicyclic) bond motifs is 1. The van der Waals surface area contributed by atoms with Crippen LogP contribution >= 0.6 is 0 Å². The van der Waals surface area contributed by atoms with Crippen molar-refractivity contribution in [3.63, 3.8) is 0 Å². The minimum absolute atomic E-state index is 0.136. The fourth-order valence-corrected chi connectivity index (χ4v) is 6.39. The molecule has 1 atom stereocenters. The molecule has 3 fully saturated rings. The largest absolute Gasteiger partial charge is 0.474 e. The van der Waals surface area contributed by atoms with Crippen LogP contribution in [-0.4, -0.2) is 81.5 Å². The summed E-state index contributed by atoms with van der Waals surface area (Å²) in [6.07, 6.45) is 15.7. The number of ether oxygens (including phenoxy) is 2. The number of carbonyl (C=O) groups is 2. The van der Waals surface area contributed by atoms with Gasteiger partial charge in [-0.25, -0.2) is 9.97 Å². The molecule has 1 unspecified atom stereocenters. The number of aryl methyl sites for hydroxylation is 1. The first kappa shape index (κ1) is 30.6. The van der Waals surface area contributed by atoms with Gasteiger partial charge >= 0.3 is 5.97 Å². The Morgan fingerprint density at radius 3 is 2.41 bits per heavy atom. The molecule has 0 aromatic carbocycles. The molecule has 3 aliphatic rings. The molecular formula is C35H47N5O4. The minimum atomic E-state index is -0.329. The molecule has 1 aliphatic heterocycles. The van der Waals surface area contributed by atoms with Gasteiger partial charge in [-0.1, -0.05) is 25.7 Å². The second-order valence-corrected chi connectivity index (χ2v) is 13.0. The van der Waals surface area contributed by atoms with E-state index in [4.69, 9.17) is 14.5 Å². The molecule has 44 heavy (non-hydrogen) atoms. The fraction of sp³-hybridized carbons (Fsp3) is 0.600. The van der Waals surface area contributed by atoms with Crippen molar-refractivity contribution in [1.82, 2.24) is 24.2 Å². The number of esters is 1. The SMILES string of the molecule is CC(=O)OCCOc1ccc(-c2nc3ccc(C(=O)N(CCC4CC4)CCC4CC4)cn3c2CCCN2CCCC2C)cn1. The lowest BCUT2D eigenvalue weighted by Gasteiger charge is -2.23. The predicted molar refractivity (Wildman–Crippen MR) is 170 cm³/mol. The summed E-state index contributed by atoms with van der Waals surface area (Å²) in [4.78, 5) is 39.1. The van der Waals surface area contributed by atoms with Crippen LogP contribution in [0.3, 0.4) is 0 Å². The summed E-state index contributed by atoms with van der Waals surface area (Å²) in [6, 6.07) is 8.38. The van der Waals surface area contributed by atoms with Gasteiger partial charge in [0.2, 0.25) is 5.88 Å². The zero-order valence-electron chi connectivity index (χ0n) is 26.4. The number of imidazole rings is 1. The Bertz CT molecular complexity index is 1410. The monoisotopic (exact) mass is 601 g/mol. The first-order valence-corrected chi connectivity index (χ1v) is 16.7. The normalized spacial score (nSPS) is 18.5. The van der Waals surface area contributed by atoms with Crippen LogP contribution in [0.4, 0.5) is 0 Å². The van der Waals surface area contributed by atoms with Crippen molar-refractivity contribution in [2.24, 2.45) is 11.8 Å². The van der Waals surface area contributed by atoms with E-state index in [0.717, 1.165) is 85.3 Å². The van der Waals surface area contributed by atoms with Gasteiger partial charge in [-0.05, 0) is 88.6 Å². The summed E-state index contributed by atoms with van der Waals surface area (Å²) in [7, 11) is 0. The van der Waals surface area contributed by atoms with Crippen molar-refractivity contribution >= 4 is 17.5 Å². The van der Waals surface area contributed by atoms with Crippen LogP contribution < -0.4 is 4.74 Å². The standard InChI is InChI=1S/C35H47N5O4/c1-25-5-3-17-38(25)18-4-6-31-34(29-12-14-33(36-23-29)44-22-21-43-26(2)41)37-32-13-11-30(24-40(31)32)35(42)39(19-15-27-7-8-27)20-16-28-9-10-28/h11-14,23-25,27-28H,3-10,15-22H2,1-2H3. The van der Waals surface area contributed by atoms with Crippen molar-refractivity contribution in [1.29, 1.82) is 0 Å². The number of hydrogen-bond acceptors (Lipinski definition) is 7. The Hall–Kier alpha value is -3.46. The van der Waals surface area contributed by atoms with Crippen LogP contribution in [0.25, 0.3) is 16.9 Å². The Balaban J connectivity index is 1.23. The molecule has 4 heterocycles. The summed E-state index contributed by atoms with van der Waals surface area (Å²) in [5.74, 6) is 1.88. The number of rotatable bonds is 16. The molecule has 2 aliphatic carbocycles. The maximum Gasteiger partial charge on any atom is 0.302 e. The first-order valence-electron chi connectivity index (χ1n) is 16.7. The molecule has 9 heteroatoms. The van der Waals surface area contributed by atoms with Crippen molar-refractivity contribution in [2.75, 3.05) is 39.4 Å². The second-order valence-electron chi connectivity index (χ2n) is 13.0. The summed E-state index contributed by atoms with van der Waals surface area (Å²) in [5, 5.41) is 0. The zero-order chi connectivity index (χ0) is 30.5. The average Bonchev–Trinajstić information content (AvgIpc) is 3.96. The van der Waals surface area contributed by atoms with Crippen LogP contribution in [0.5, 0.6) is 5.88 Å². The van der Waals surface area contributed by atoms with E-state index in [2.05, 4.69) is 26.1 Å². The van der Waals surface area contributed by atoms with Crippen LogP contribution in [0.1, 0.15) is 87.7 Å². The van der Waals surface area contributed by atoms with Gasteiger partial charge in [0, 0.05) is 50.1 Å². The lowest BCUT2D eigenvalue weighted by molar-refractivity contribution is -0.141. The molecule has 0 bridgehead atoms. The van der Waals surface area contributed by atoms with E-state index in [1.165, 1.54) is 52.0 Å². The Kier molecular flexibility index (Phi) is 9.79. The van der Waals surface area contributed by atoms with Crippen molar-refractivity contribution < 1.29 is 19.1 Å². The van der Waals surface area contributed by atoms with Crippen molar-refractivity contribution in [3.05, 3.63) is 47.9 Å². The summed E-state index contributed by atoms with van der Waals surface area (Å²) >= 11 is 0. The van der Waals surface area contributed by atoms with Gasteiger partial charge in [0.25, 0.3) is 5.91 Å². The second kappa shape index (κ2) is 14.1. The third-order valence-corrected chi connectivity index (χ3v) is 9.46. The van der Waals surface area contributed by atoms with E-state index in [0.29, 0.717) is 11.9 Å². The number of amides is 1. The van der Waals surface area contributed by atoms with Gasteiger partial charge in [0.05, 0.1) is 17.0 Å². The number of nitrogens with zero attached hydrogens (tertiary/aromatic N) is 5. The van der Waals surface area contributed by atoms with Crippen molar-refractivity contribution in [3.8, 4) is 17.1 Å². The number of aromatic nitrogens is 3. The molecule has 6 rings (SSSR count). The quantitative estimate of drug-likeness (QED) is 0.152. The van der Waals surface area contributed by atoms with E-state index in [1.807, 2.05) is 30.5 Å². The van der Waals surface area contributed by atoms with E-state index in [1.54, 1.807) is 6.20 Å². The maximum absolute atomic E-state index is 13.9. The highest BCUT2D eigenvalue weighted by Gasteiger charge is 2.27. The molecule has 3 aromatic heterocycles. The molecule has 1 amide bonds. The van der Waals surface area contributed by atoms with E-state index >= 15 is 0 Å². The summed E-state index contributed by atoms with van der Waals surface area (Å²) < 4.78 is 12.7. The Morgan fingerprint density at radius 1 is 1.00 bits per heavy atom. The zero-order valence-corrected chi connectivity index (χ0v) is 26.4. The molecule has 0 radical (unpaired) electrons. The number of likely N-dealkylation sites (tertiary alicyclic amines) is 1. The fourth-order valence-electron chi connectivity index (χ4n) is 6.39. The molecule has 0 spiro atoms. The number of hydrogen-bond donors (Lipinski definition) is 0. The van der Waals surface area contributed by atoms with Gasteiger partial charge in [-0.15, -0.1) is 0 Å². The summed E-state index contributed by atoms with van der Waals surface area (Å²) in [6.45, 7) is 8.06. The molecule has 3 aromatic rings. The number of pyridine rings is 2. The molecule has 236 valence electrons. The average molecular weight is 602 g/mol. The van der Waals surface area contributed by atoms with Crippen molar-refractivity contribution in [2.45, 2.75) is 84.1 Å². The van der Waals surface area contributed by atoms with E-state index in [-0.39, 0.29) is 25.1 Å². The highest BCUT2D eigenvalue weighted by molar-refractivity contribution is 5.94. The Morgan fingerprint density at radius 2 is 1.77 bits per heavy atom. The third kappa shape index (κ3) is 7.97. The van der Waals surface area contributed by atoms with Crippen LogP contribution in [0.2, 0.25) is 0 Å². The molecule has 2 saturated carbocycles. The number of carbonyl (C=O) groups excluding carboxylic acids is 2. The van der Waals surface area contributed by atoms with Crippen LogP contribution in [0.15, 0.2) is 36.7 Å². The smallest absolute Gasteiger partial charge is 0.302 e. The molecular weight excluding hydrogens is 554 g/mol. The Labute approximate surface area is 260 Å². The van der Waals surface area contributed by atoms with E-state index < -0.39 is 0 Å². The topological polar surface area (TPSA) is 89.3 Å².